The smallest absolute Gasteiger partial charge is 0.309 e. The number of rotatable bonds is 11. The molecule has 0 N–H and O–H groups in total. The van der Waals surface area contributed by atoms with E-state index < -0.39 is 10.9 Å². The van der Waals surface area contributed by atoms with Gasteiger partial charge in [0.25, 0.3) is 5.69 Å². The first-order valence-corrected chi connectivity index (χ1v) is 10.2. The largest absolute Gasteiger partial charge is 0.874 e. The van der Waals surface area contributed by atoms with Crippen LogP contribution in [0.3, 0.4) is 0 Å². The third-order valence-electron chi connectivity index (χ3n) is 5.93. The predicted octanol–water partition coefficient (Wildman–Crippen LogP) is 1.71. The molecule has 0 saturated carbocycles. The van der Waals surface area contributed by atoms with E-state index in [1.165, 1.54) is 30.3 Å². The van der Waals surface area contributed by atoms with Crippen molar-refractivity contribution in [1.82, 2.24) is 4.90 Å². The Hall–Kier alpha value is -2.94. The molecule has 1 heterocycles. The van der Waals surface area contributed by atoms with Gasteiger partial charge in [0.2, 0.25) is 5.91 Å². The van der Waals surface area contributed by atoms with Gasteiger partial charge in [0.05, 0.1) is 37.4 Å². The van der Waals surface area contributed by atoms with Gasteiger partial charge in [0, 0.05) is 18.7 Å². The summed E-state index contributed by atoms with van der Waals surface area (Å²) < 4.78 is 5.86. The highest BCUT2D eigenvalue weighted by Gasteiger charge is 2.48. The van der Waals surface area contributed by atoms with Crippen molar-refractivity contribution in [2.24, 2.45) is 0 Å². The predicted molar refractivity (Wildman–Crippen MR) is 108 cm³/mol. The molecule has 0 aromatic heterocycles. The number of benzene rings is 1. The highest BCUT2D eigenvalue weighted by Crippen LogP contribution is 2.29. The summed E-state index contributed by atoms with van der Waals surface area (Å²) in [5, 5.41) is 22.9. The van der Waals surface area contributed by atoms with Crippen LogP contribution in [-0.2, 0) is 20.9 Å². The van der Waals surface area contributed by atoms with E-state index in [2.05, 4.69) is 20.8 Å². The maximum absolute atomic E-state index is 12.3. The quantitative estimate of drug-likeness (QED) is 0.135. The summed E-state index contributed by atoms with van der Waals surface area (Å²) >= 11 is 0. The number of carbonyl (C=O) groups excluding carboxylic acids is 2. The molecule has 1 aliphatic heterocycles. The van der Waals surface area contributed by atoms with E-state index in [1.54, 1.807) is 4.90 Å². The molecule has 0 spiro atoms. The highest BCUT2D eigenvalue weighted by molar-refractivity contribution is 5.82. The van der Waals surface area contributed by atoms with Gasteiger partial charge in [-0.2, -0.15) is 0 Å². The monoisotopic (exact) mass is 419 g/mol. The van der Waals surface area contributed by atoms with Crippen LogP contribution in [-0.4, -0.2) is 58.5 Å². The SMILES string of the molecule is CC[N+](CC)(CC)C1CC(=O)N1CC([O-])=CCC(=O)OCc1ccc([N+](=O)[O-])cc1. The van der Waals surface area contributed by atoms with Crippen molar-refractivity contribution in [3.63, 3.8) is 0 Å². The molecule has 0 aliphatic carbocycles. The Bertz CT molecular complexity index is 793. The summed E-state index contributed by atoms with van der Waals surface area (Å²) in [5.74, 6) is -0.906. The molecule has 30 heavy (non-hydrogen) atoms. The number of β-lactam (4-membered cyclic amide) rings is 1. The maximum atomic E-state index is 12.3. The van der Waals surface area contributed by atoms with Gasteiger partial charge in [-0.25, -0.2) is 0 Å². The number of likely N-dealkylation sites (tertiary alicyclic amines) is 1. The normalized spacial score (nSPS) is 16.9. The second-order valence-electron chi connectivity index (χ2n) is 7.33. The fraction of sp³-hybridized carbons (Fsp3) is 0.524. The second-order valence-corrected chi connectivity index (χ2v) is 7.33. The fourth-order valence-electron chi connectivity index (χ4n) is 3.79. The molecule has 9 heteroatoms. The summed E-state index contributed by atoms with van der Waals surface area (Å²) in [5.41, 5.74) is 0.571. The molecule has 0 radical (unpaired) electrons. The minimum absolute atomic E-state index is 0.00365. The number of nitro groups is 1. The first-order valence-electron chi connectivity index (χ1n) is 10.2. The summed E-state index contributed by atoms with van der Waals surface area (Å²) in [6.07, 6.45) is 1.51. The molecule has 1 aromatic rings. The number of non-ortho nitro benzene ring substituents is 1. The number of hydrogen-bond acceptors (Lipinski definition) is 6. The zero-order valence-electron chi connectivity index (χ0n) is 17.7. The van der Waals surface area contributed by atoms with Crippen LogP contribution < -0.4 is 5.11 Å². The molecule has 1 aromatic carbocycles. The molecule has 0 bridgehead atoms. The van der Waals surface area contributed by atoms with Crippen LogP contribution in [0.2, 0.25) is 0 Å². The van der Waals surface area contributed by atoms with E-state index in [0.717, 1.165) is 24.1 Å². The first-order chi connectivity index (χ1) is 14.3. The van der Waals surface area contributed by atoms with Crippen LogP contribution in [0.4, 0.5) is 5.69 Å². The molecule has 1 amide bonds. The maximum Gasteiger partial charge on any atom is 0.309 e. The highest BCUT2D eigenvalue weighted by atomic mass is 16.6. The van der Waals surface area contributed by atoms with E-state index in [9.17, 15) is 24.8 Å². The lowest BCUT2D eigenvalue weighted by Gasteiger charge is -2.53. The Balaban J connectivity index is 1.86. The average Bonchev–Trinajstić information content (AvgIpc) is 2.75. The van der Waals surface area contributed by atoms with Crippen molar-refractivity contribution in [1.29, 1.82) is 0 Å². The Morgan fingerprint density at radius 2 is 1.83 bits per heavy atom. The number of nitro benzene ring substituents is 1. The van der Waals surface area contributed by atoms with Crippen LogP contribution in [0, 0.1) is 10.1 Å². The van der Waals surface area contributed by atoms with Crippen LogP contribution in [0.1, 0.15) is 39.2 Å². The molecule has 9 nitrogen and oxygen atoms in total. The van der Waals surface area contributed by atoms with Gasteiger partial charge in [-0.15, -0.1) is 5.76 Å². The standard InChI is InChI=1S/C21H29N3O6/c1-4-24(5-2,6-3)19-13-20(26)22(19)14-18(25)11-12-21(27)30-15-16-7-9-17(10-8-16)23(28)29/h7-11,19H,4-6,12-15H2,1-3H3. The van der Waals surface area contributed by atoms with Crippen LogP contribution in [0.5, 0.6) is 0 Å². The number of nitrogens with zero attached hydrogens (tertiary/aromatic N) is 3. The van der Waals surface area contributed by atoms with Crippen molar-refractivity contribution >= 4 is 17.6 Å². The summed E-state index contributed by atoms with van der Waals surface area (Å²) in [6.45, 7) is 8.85. The molecular formula is C21H29N3O6. The minimum Gasteiger partial charge on any atom is -0.874 e. The Labute approximate surface area is 176 Å². The summed E-state index contributed by atoms with van der Waals surface area (Å²) in [4.78, 5) is 35.7. The molecule has 1 atom stereocenters. The molecule has 164 valence electrons. The number of quaternary nitrogens is 1. The molecule has 1 aliphatic rings. The zero-order chi connectivity index (χ0) is 22.3. The third-order valence-corrected chi connectivity index (χ3v) is 5.93. The van der Waals surface area contributed by atoms with E-state index in [4.69, 9.17) is 4.74 Å². The molecule has 1 unspecified atom stereocenters. The summed E-state index contributed by atoms with van der Waals surface area (Å²) in [6, 6.07) is 5.69. The Morgan fingerprint density at radius 3 is 2.33 bits per heavy atom. The van der Waals surface area contributed by atoms with Crippen LogP contribution in [0.25, 0.3) is 0 Å². The van der Waals surface area contributed by atoms with Gasteiger partial charge >= 0.3 is 5.97 Å². The summed E-state index contributed by atoms with van der Waals surface area (Å²) in [7, 11) is 0. The zero-order valence-corrected chi connectivity index (χ0v) is 17.7. The number of hydrogen-bond donors (Lipinski definition) is 0. The van der Waals surface area contributed by atoms with Gasteiger partial charge in [-0.05, 0) is 38.5 Å². The lowest BCUT2D eigenvalue weighted by molar-refractivity contribution is -0.959. The van der Waals surface area contributed by atoms with E-state index in [-0.39, 0.29) is 43.1 Å². The van der Waals surface area contributed by atoms with Gasteiger partial charge in [0.1, 0.15) is 6.61 Å². The van der Waals surface area contributed by atoms with Gasteiger partial charge in [-0.3, -0.25) is 24.6 Å². The Kier molecular flexibility index (Phi) is 7.93. The second kappa shape index (κ2) is 10.2. The first kappa shape index (κ1) is 23.3. The van der Waals surface area contributed by atoms with Crippen molar-refractivity contribution in [3.05, 3.63) is 51.8 Å². The van der Waals surface area contributed by atoms with Crippen LogP contribution in [0.15, 0.2) is 36.1 Å². The molecular weight excluding hydrogens is 390 g/mol. The number of carbonyl (C=O) groups is 2. The average molecular weight is 419 g/mol. The van der Waals surface area contributed by atoms with Crippen molar-refractivity contribution < 1.29 is 28.8 Å². The lowest BCUT2D eigenvalue weighted by atomic mass is 10.0. The van der Waals surface area contributed by atoms with E-state index >= 15 is 0 Å². The molecule has 2 rings (SSSR count). The van der Waals surface area contributed by atoms with Gasteiger partial charge < -0.3 is 14.3 Å². The fourth-order valence-corrected chi connectivity index (χ4v) is 3.79. The van der Waals surface area contributed by atoms with Gasteiger partial charge in [0.15, 0.2) is 6.17 Å². The molecule has 1 fully saturated rings. The topological polar surface area (TPSA) is 113 Å². The Morgan fingerprint density at radius 1 is 1.23 bits per heavy atom. The molecule has 1 saturated heterocycles. The number of ether oxygens (including phenoxy) is 1. The van der Waals surface area contributed by atoms with Crippen molar-refractivity contribution in [3.8, 4) is 0 Å². The van der Waals surface area contributed by atoms with E-state index in [1.807, 2.05) is 0 Å². The number of esters is 1. The van der Waals surface area contributed by atoms with Crippen molar-refractivity contribution in [2.45, 2.75) is 46.4 Å². The lowest BCUT2D eigenvalue weighted by Crippen LogP contribution is -2.70. The minimum atomic E-state index is -0.575. The van der Waals surface area contributed by atoms with E-state index in [0.29, 0.717) is 12.0 Å². The third kappa shape index (κ3) is 5.35. The van der Waals surface area contributed by atoms with Crippen molar-refractivity contribution in [2.75, 3.05) is 26.2 Å². The number of amides is 1. The van der Waals surface area contributed by atoms with Gasteiger partial charge in [-0.1, -0.05) is 6.08 Å². The van der Waals surface area contributed by atoms with Crippen LogP contribution >= 0.6 is 0 Å².